The highest BCUT2D eigenvalue weighted by molar-refractivity contribution is 6.32. The van der Waals surface area contributed by atoms with Crippen molar-refractivity contribution >= 4 is 17.3 Å². The van der Waals surface area contributed by atoms with Crippen LogP contribution in [0.5, 0.6) is 0 Å². The fourth-order valence-corrected chi connectivity index (χ4v) is 2.31. The summed E-state index contributed by atoms with van der Waals surface area (Å²) in [7, 11) is 2.04. The topological polar surface area (TPSA) is 46.4 Å². The Morgan fingerprint density at radius 1 is 1.39 bits per heavy atom. The minimum absolute atomic E-state index is 0.0212. The maximum atomic E-state index is 10.8. The Labute approximate surface area is 113 Å². The molecule has 0 radical (unpaired) electrons. The number of nitro groups is 1. The predicted molar refractivity (Wildman–Crippen MR) is 73.9 cm³/mol. The average molecular weight is 271 g/mol. The normalized spacial score (nSPS) is 11.2. The van der Waals surface area contributed by atoms with Crippen LogP contribution in [-0.2, 0) is 6.54 Å². The molecule has 0 spiro atoms. The van der Waals surface area contributed by atoms with Crippen molar-refractivity contribution in [1.82, 2.24) is 4.90 Å². The van der Waals surface area contributed by atoms with Crippen LogP contribution in [0.15, 0.2) is 18.2 Å². The number of nitro benzene ring substituents is 1. The summed E-state index contributed by atoms with van der Waals surface area (Å²) in [6.07, 6.45) is 2.14. The van der Waals surface area contributed by atoms with Crippen LogP contribution >= 0.6 is 11.6 Å². The lowest BCUT2D eigenvalue weighted by molar-refractivity contribution is -0.384. The monoisotopic (exact) mass is 270 g/mol. The molecular formula is C13H19ClN2O2. The van der Waals surface area contributed by atoms with Crippen molar-refractivity contribution in [3.05, 3.63) is 38.9 Å². The van der Waals surface area contributed by atoms with E-state index in [2.05, 4.69) is 18.7 Å². The fraction of sp³-hybridized carbons (Fsp3) is 0.538. The molecule has 0 amide bonds. The van der Waals surface area contributed by atoms with Gasteiger partial charge in [0.2, 0.25) is 0 Å². The second-order valence-corrected chi connectivity index (χ2v) is 4.84. The molecule has 0 heterocycles. The number of hydrogen-bond acceptors (Lipinski definition) is 3. The third-order valence-corrected chi connectivity index (χ3v) is 3.52. The molecule has 5 heteroatoms. The summed E-state index contributed by atoms with van der Waals surface area (Å²) in [5.74, 6) is 0. The van der Waals surface area contributed by atoms with E-state index in [1.54, 1.807) is 12.1 Å². The molecule has 0 unspecified atom stereocenters. The molecule has 18 heavy (non-hydrogen) atoms. The van der Waals surface area contributed by atoms with E-state index in [1.807, 2.05) is 13.1 Å². The van der Waals surface area contributed by atoms with Gasteiger partial charge in [-0.2, -0.15) is 0 Å². The van der Waals surface area contributed by atoms with Gasteiger partial charge in [-0.05, 0) is 31.5 Å². The van der Waals surface area contributed by atoms with Crippen molar-refractivity contribution in [2.24, 2.45) is 0 Å². The molecule has 0 bridgehead atoms. The van der Waals surface area contributed by atoms with Crippen molar-refractivity contribution in [2.45, 2.75) is 39.3 Å². The second-order valence-electron chi connectivity index (χ2n) is 4.43. The van der Waals surface area contributed by atoms with Gasteiger partial charge in [0.1, 0.15) is 5.02 Å². The molecule has 0 saturated carbocycles. The first-order chi connectivity index (χ1) is 8.49. The van der Waals surface area contributed by atoms with Gasteiger partial charge >= 0.3 is 0 Å². The van der Waals surface area contributed by atoms with Crippen LogP contribution in [0.4, 0.5) is 5.69 Å². The van der Waals surface area contributed by atoms with Gasteiger partial charge in [0, 0.05) is 18.7 Å². The lowest BCUT2D eigenvalue weighted by Gasteiger charge is -2.26. The van der Waals surface area contributed by atoms with Crippen LogP contribution in [0.25, 0.3) is 0 Å². The molecule has 0 saturated heterocycles. The maximum Gasteiger partial charge on any atom is 0.288 e. The summed E-state index contributed by atoms with van der Waals surface area (Å²) in [6.45, 7) is 4.99. The van der Waals surface area contributed by atoms with E-state index in [1.165, 1.54) is 0 Å². The Hall–Kier alpha value is -1.13. The summed E-state index contributed by atoms with van der Waals surface area (Å²) < 4.78 is 0. The van der Waals surface area contributed by atoms with Gasteiger partial charge in [-0.1, -0.05) is 31.5 Å². The lowest BCUT2D eigenvalue weighted by Crippen LogP contribution is -2.29. The van der Waals surface area contributed by atoms with Gasteiger partial charge in [0.25, 0.3) is 5.69 Å². The molecule has 0 N–H and O–H groups in total. The number of benzene rings is 1. The van der Waals surface area contributed by atoms with E-state index in [9.17, 15) is 10.1 Å². The smallest absolute Gasteiger partial charge is 0.288 e. The highest BCUT2D eigenvalue weighted by atomic mass is 35.5. The van der Waals surface area contributed by atoms with Gasteiger partial charge in [-0.15, -0.1) is 0 Å². The summed E-state index contributed by atoms with van der Waals surface area (Å²) in [5.41, 5.74) is 0.896. The van der Waals surface area contributed by atoms with Crippen molar-refractivity contribution in [3.8, 4) is 0 Å². The molecule has 0 aliphatic heterocycles. The Kier molecular flexibility index (Phi) is 5.56. The van der Waals surface area contributed by atoms with E-state index in [-0.39, 0.29) is 10.7 Å². The molecule has 1 aromatic rings. The standard InChI is InChI=1S/C13H19ClN2O2/c1-4-11(5-2)15(3)9-10-6-7-12(14)13(8-10)16(17)18/h6-8,11H,4-5,9H2,1-3H3. The number of rotatable bonds is 6. The molecule has 4 nitrogen and oxygen atoms in total. The number of nitrogens with zero attached hydrogens (tertiary/aromatic N) is 2. The van der Waals surface area contributed by atoms with Crippen LogP contribution in [0.1, 0.15) is 32.3 Å². The zero-order chi connectivity index (χ0) is 13.7. The van der Waals surface area contributed by atoms with Crippen LogP contribution in [-0.4, -0.2) is 22.9 Å². The zero-order valence-electron chi connectivity index (χ0n) is 11.0. The highest BCUT2D eigenvalue weighted by Gasteiger charge is 2.15. The Balaban J connectivity index is 2.85. The van der Waals surface area contributed by atoms with E-state index in [0.29, 0.717) is 12.6 Å². The zero-order valence-corrected chi connectivity index (χ0v) is 11.8. The Morgan fingerprint density at radius 2 is 2.00 bits per heavy atom. The molecule has 1 rings (SSSR count). The minimum Gasteiger partial charge on any atom is -0.299 e. The van der Waals surface area contributed by atoms with Crippen molar-refractivity contribution in [1.29, 1.82) is 0 Å². The summed E-state index contributed by atoms with van der Waals surface area (Å²) in [6, 6.07) is 5.49. The van der Waals surface area contributed by atoms with E-state index >= 15 is 0 Å². The minimum atomic E-state index is -0.442. The van der Waals surface area contributed by atoms with Crippen molar-refractivity contribution in [2.75, 3.05) is 7.05 Å². The molecular weight excluding hydrogens is 252 g/mol. The molecule has 0 aliphatic rings. The van der Waals surface area contributed by atoms with Gasteiger partial charge < -0.3 is 0 Å². The molecule has 0 aliphatic carbocycles. The Morgan fingerprint density at radius 3 is 2.50 bits per heavy atom. The van der Waals surface area contributed by atoms with Crippen LogP contribution in [0.3, 0.4) is 0 Å². The van der Waals surface area contributed by atoms with Gasteiger partial charge in [0.05, 0.1) is 4.92 Å². The van der Waals surface area contributed by atoms with Crippen molar-refractivity contribution < 1.29 is 4.92 Å². The first-order valence-electron chi connectivity index (χ1n) is 6.12. The SMILES string of the molecule is CCC(CC)N(C)Cc1ccc(Cl)c([N+](=O)[O-])c1. The lowest BCUT2D eigenvalue weighted by atomic mass is 10.1. The Bertz CT molecular complexity index is 419. The summed E-state index contributed by atoms with van der Waals surface area (Å²) in [4.78, 5) is 12.6. The first-order valence-corrected chi connectivity index (χ1v) is 6.50. The number of hydrogen-bond donors (Lipinski definition) is 0. The number of halogens is 1. The highest BCUT2D eigenvalue weighted by Crippen LogP contribution is 2.26. The second kappa shape index (κ2) is 6.71. The maximum absolute atomic E-state index is 10.8. The van der Waals surface area contributed by atoms with Crippen LogP contribution in [0, 0.1) is 10.1 Å². The summed E-state index contributed by atoms with van der Waals surface area (Å²) in [5, 5.41) is 11.0. The van der Waals surface area contributed by atoms with Crippen molar-refractivity contribution in [3.63, 3.8) is 0 Å². The fourth-order valence-electron chi connectivity index (χ4n) is 2.13. The predicted octanol–water partition coefficient (Wildman–Crippen LogP) is 3.87. The first kappa shape index (κ1) is 14.9. The molecule has 0 atom stereocenters. The largest absolute Gasteiger partial charge is 0.299 e. The average Bonchev–Trinajstić information content (AvgIpc) is 2.32. The summed E-state index contributed by atoms with van der Waals surface area (Å²) >= 11 is 5.79. The third kappa shape index (κ3) is 3.68. The van der Waals surface area contributed by atoms with E-state index in [0.717, 1.165) is 18.4 Å². The third-order valence-electron chi connectivity index (χ3n) is 3.21. The molecule has 1 aromatic carbocycles. The van der Waals surface area contributed by atoms with Gasteiger partial charge in [0.15, 0.2) is 0 Å². The van der Waals surface area contributed by atoms with Gasteiger partial charge in [-0.3, -0.25) is 15.0 Å². The molecule has 0 fully saturated rings. The van der Waals surface area contributed by atoms with E-state index < -0.39 is 4.92 Å². The van der Waals surface area contributed by atoms with Gasteiger partial charge in [-0.25, -0.2) is 0 Å². The van der Waals surface area contributed by atoms with Crippen LogP contribution < -0.4 is 0 Å². The molecule has 100 valence electrons. The molecule has 0 aromatic heterocycles. The quantitative estimate of drug-likeness (QED) is 0.582. The van der Waals surface area contributed by atoms with E-state index in [4.69, 9.17) is 11.6 Å². The van der Waals surface area contributed by atoms with Crippen LogP contribution in [0.2, 0.25) is 5.02 Å².